The molecule has 0 aromatic heterocycles. The largest absolute Gasteiger partial charge is 0.477 e. The lowest BCUT2D eigenvalue weighted by molar-refractivity contribution is 0.260. The molecule has 3 rings (SSSR count). The van der Waals surface area contributed by atoms with Crippen molar-refractivity contribution in [1.29, 1.82) is 0 Å². The maximum absolute atomic E-state index is 5.69. The Hall–Kier alpha value is -0.570. The normalized spacial score (nSPS) is 43.9. The Kier molecular flexibility index (Phi) is 1.69. The second-order valence-corrected chi connectivity index (χ2v) is 5.47. The van der Waals surface area contributed by atoms with Crippen molar-refractivity contribution in [2.75, 3.05) is 6.61 Å². The van der Waals surface area contributed by atoms with Crippen LogP contribution in [0, 0.1) is 5.92 Å². The molecule has 2 aliphatic heterocycles. The Morgan fingerprint density at radius 1 is 1.43 bits per heavy atom. The molecule has 2 heterocycles. The summed E-state index contributed by atoms with van der Waals surface area (Å²) in [6, 6.07) is 1.16. The number of rotatable bonds is 1. The third kappa shape index (κ3) is 1.26. The summed E-state index contributed by atoms with van der Waals surface area (Å²) in [5, 5.41) is 3.61. The number of nitrogens with zero attached hydrogens (tertiary/aromatic N) is 1. The second kappa shape index (κ2) is 2.72. The van der Waals surface area contributed by atoms with E-state index in [0.717, 1.165) is 24.5 Å². The summed E-state index contributed by atoms with van der Waals surface area (Å²) in [7, 11) is 0. The Morgan fingerprint density at radius 3 is 2.79 bits per heavy atom. The summed E-state index contributed by atoms with van der Waals surface area (Å²) in [6.07, 6.45) is 4.02. The van der Waals surface area contributed by atoms with Gasteiger partial charge in [-0.05, 0) is 39.0 Å². The van der Waals surface area contributed by atoms with E-state index in [0.29, 0.717) is 6.04 Å². The molecule has 1 saturated carbocycles. The van der Waals surface area contributed by atoms with Crippen LogP contribution < -0.4 is 5.32 Å². The van der Waals surface area contributed by atoms with Crippen molar-refractivity contribution in [1.82, 2.24) is 5.32 Å². The first-order valence-corrected chi connectivity index (χ1v) is 5.63. The maximum atomic E-state index is 5.69. The number of hydrogen-bond donors (Lipinski definition) is 1. The molecule has 3 aliphatic rings. The molecule has 1 saturated heterocycles. The highest BCUT2D eigenvalue weighted by molar-refractivity contribution is 5.84. The molecule has 0 aromatic carbocycles. The molecule has 2 bridgehead atoms. The Balaban J connectivity index is 1.78. The molecule has 3 atom stereocenters. The van der Waals surface area contributed by atoms with Gasteiger partial charge in [0.15, 0.2) is 0 Å². The van der Waals surface area contributed by atoms with Gasteiger partial charge in [0, 0.05) is 6.04 Å². The molecule has 0 unspecified atom stereocenters. The lowest BCUT2D eigenvalue weighted by Gasteiger charge is -2.22. The van der Waals surface area contributed by atoms with Crippen LogP contribution in [0.2, 0.25) is 0 Å². The zero-order valence-corrected chi connectivity index (χ0v) is 8.92. The highest BCUT2D eigenvalue weighted by Gasteiger charge is 2.44. The molecule has 1 aliphatic carbocycles. The average Bonchev–Trinajstić information content (AvgIpc) is 2.77. The van der Waals surface area contributed by atoms with E-state index < -0.39 is 0 Å². The van der Waals surface area contributed by atoms with Crippen molar-refractivity contribution >= 4 is 5.90 Å². The van der Waals surface area contributed by atoms with Crippen LogP contribution in [0.15, 0.2) is 4.99 Å². The van der Waals surface area contributed by atoms with Gasteiger partial charge in [-0.3, -0.25) is 0 Å². The van der Waals surface area contributed by atoms with Crippen LogP contribution >= 0.6 is 0 Å². The fourth-order valence-electron chi connectivity index (χ4n) is 2.91. The van der Waals surface area contributed by atoms with E-state index in [-0.39, 0.29) is 5.54 Å². The summed E-state index contributed by atoms with van der Waals surface area (Å²) in [5.41, 5.74) is -0.00114. The molecule has 1 N–H and O–H groups in total. The van der Waals surface area contributed by atoms with E-state index in [1.807, 2.05) is 0 Å². The molecule has 0 radical (unpaired) electrons. The monoisotopic (exact) mass is 194 g/mol. The van der Waals surface area contributed by atoms with Gasteiger partial charge in [0.05, 0.1) is 11.6 Å². The standard InChI is InChI=1S/C11H18N2O/c1-11(2)6-14-10(13-11)9-7-3-4-8(5-7)12-9/h7-9,12H,3-6H2,1-2H3/t7-,8+,9-/m1/s1. The quantitative estimate of drug-likeness (QED) is 0.683. The third-order valence-electron chi connectivity index (χ3n) is 3.61. The van der Waals surface area contributed by atoms with Crippen molar-refractivity contribution in [2.45, 2.75) is 50.7 Å². The summed E-state index contributed by atoms with van der Waals surface area (Å²) in [4.78, 5) is 4.65. The molecule has 3 heteroatoms. The summed E-state index contributed by atoms with van der Waals surface area (Å²) < 4.78 is 5.69. The maximum Gasteiger partial charge on any atom is 0.201 e. The van der Waals surface area contributed by atoms with Crippen LogP contribution in [0.4, 0.5) is 0 Å². The second-order valence-electron chi connectivity index (χ2n) is 5.47. The van der Waals surface area contributed by atoms with Crippen molar-refractivity contribution < 1.29 is 4.74 Å². The topological polar surface area (TPSA) is 33.6 Å². The van der Waals surface area contributed by atoms with E-state index >= 15 is 0 Å². The van der Waals surface area contributed by atoms with E-state index in [4.69, 9.17) is 4.74 Å². The first-order valence-electron chi connectivity index (χ1n) is 5.63. The summed E-state index contributed by atoms with van der Waals surface area (Å²) in [6.45, 7) is 5.01. The fourth-order valence-corrected chi connectivity index (χ4v) is 2.91. The first-order chi connectivity index (χ1) is 6.64. The van der Waals surface area contributed by atoms with Gasteiger partial charge in [0.1, 0.15) is 6.61 Å². The Bertz CT molecular complexity index is 285. The van der Waals surface area contributed by atoms with Gasteiger partial charge >= 0.3 is 0 Å². The highest BCUT2D eigenvalue weighted by atomic mass is 16.5. The summed E-state index contributed by atoms with van der Waals surface area (Å²) >= 11 is 0. The fraction of sp³-hybridized carbons (Fsp3) is 0.909. The van der Waals surface area contributed by atoms with Crippen LogP contribution in [0.5, 0.6) is 0 Å². The lowest BCUT2D eigenvalue weighted by atomic mass is 10.00. The number of hydrogen-bond acceptors (Lipinski definition) is 3. The molecule has 14 heavy (non-hydrogen) atoms. The van der Waals surface area contributed by atoms with Gasteiger partial charge in [-0.1, -0.05) is 0 Å². The third-order valence-corrected chi connectivity index (χ3v) is 3.61. The van der Waals surface area contributed by atoms with Crippen LogP contribution in [0.25, 0.3) is 0 Å². The lowest BCUT2D eigenvalue weighted by Crippen LogP contribution is -2.41. The van der Waals surface area contributed by atoms with Gasteiger partial charge < -0.3 is 10.1 Å². The molecule has 78 valence electrons. The number of fused-ring (bicyclic) bond motifs is 2. The zero-order chi connectivity index (χ0) is 9.76. The van der Waals surface area contributed by atoms with E-state index in [1.54, 1.807) is 0 Å². The zero-order valence-electron chi connectivity index (χ0n) is 8.92. The molecular formula is C11H18N2O. The van der Waals surface area contributed by atoms with Gasteiger partial charge in [0.2, 0.25) is 5.90 Å². The van der Waals surface area contributed by atoms with Gasteiger partial charge in [-0.25, -0.2) is 4.99 Å². The molecule has 2 fully saturated rings. The minimum atomic E-state index is -0.00114. The average molecular weight is 194 g/mol. The smallest absolute Gasteiger partial charge is 0.201 e. The van der Waals surface area contributed by atoms with Gasteiger partial charge in [-0.15, -0.1) is 0 Å². The van der Waals surface area contributed by atoms with Crippen LogP contribution in [0.1, 0.15) is 33.1 Å². The highest BCUT2D eigenvalue weighted by Crippen LogP contribution is 2.37. The van der Waals surface area contributed by atoms with Crippen molar-refractivity contribution in [2.24, 2.45) is 10.9 Å². The Morgan fingerprint density at radius 2 is 2.29 bits per heavy atom. The molecule has 0 spiro atoms. The predicted octanol–water partition coefficient (Wildman–Crippen LogP) is 1.33. The van der Waals surface area contributed by atoms with Crippen molar-refractivity contribution in [3.8, 4) is 0 Å². The first kappa shape index (κ1) is 8.72. The minimum Gasteiger partial charge on any atom is -0.477 e. The van der Waals surface area contributed by atoms with Crippen LogP contribution in [-0.4, -0.2) is 30.1 Å². The predicted molar refractivity (Wildman–Crippen MR) is 55.5 cm³/mol. The van der Waals surface area contributed by atoms with E-state index in [2.05, 4.69) is 24.2 Å². The number of nitrogens with one attached hydrogen (secondary N) is 1. The number of ether oxygens (including phenoxy) is 1. The van der Waals surface area contributed by atoms with Crippen molar-refractivity contribution in [3.63, 3.8) is 0 Å². The van der Waals surface area contributed by atoms with Gasteiger partial charge in [0.25, 0.3) is 0 Å². The van der Waals surface area contributed by atoms with E-state index in [1.165, 1.54) is 19.3 Å². The number of aliphatic imine (C=N–C) groups is 1. The van der Waals surface area contributed by atoms with Gasteiger partial charge in [-0.2, -0.15) is 0 Å². The Labute approximate surface area is 84.9 Å². The van der Waals surface area contributed by atoms with E-state index in [9.17, 15) is 0 Å². The minimum absolute atomic E-state index is 0.00114. The van der Waals surface area contributed by atoms with Crippen LogP contribution in [0.3, 0.4) is 0 Å². The molecule has 0 amide bonds. The number of piperidine rings is 1. The molecule has 0 aromatic rings. The van der Waals surface area contributed by atoms with Crippen molar-refractivity contribution in [3.05, 3.63) is 0 Å². The SMILES string of the molecule is CC1(C)COC([C@@H]2N[C@H]3CC[C@@H]2C3)=N1. The summed E-state index contributed by atoms with van der Waals surface area (Å²) in [5.74, 6) is 1.76. The van der Waals surface area contributed by atoms with Crippen LogP contribution in [-0.2, 0) is 4.74 Å². The molecular weight excluding hydrogens is 176 g/mol. The molecule has 3 nitrogen and oxygen atoms in total.